The minimum Gasteiger partial charge on any atom is -0.493 e. The van der Waals surface area contributed by atoms with Crippen LogP contribution < -0.4 is 24.4 Å². The molecular weight excluding hydrogens is 556 g/mol. The molecule has 2 aromatic carbocycles. The van der Waals surface area contributed by atoms with Gasteiger partial charge in [0.25, 0.3) is 5.56 Å². The first-order valence-electron chi connectivity index (χ1n) is 13.5. The first kappa shape index (κ1) is 30.5. The molecule has 1 aromatic heterocycles. The van der Waals surface area contributed by atoms with Gasteiger partial charge in [0.15, 0.2) is 16.3 Å². The molecule has 0 saturated carbocycles. The standard InChI is InChI=1S/C32H34N2O7S/c1-7-15-41-31(37)27-20(4)33-32-34(28(27)22-9-11-23(12-10-22)30(36)39-6)29(35)26(42-32)18-21-8-13-24(25(17-21)38-5)40-16-14-19(2)3/h7-13,17-19,28H,1,14-16H2,2-6H3. The van der Waals surface area contributed by atoms with Gasteiger partial charge in [-0.3, -0.25) is 9.36 Å². The van der Waals surface area contributed by atoms with Gasteiger partial charge in [-0.15, -0.1) is 0 Å². The number of carbonyl (C=O) groups excluding carboxylic acids is 2. The molecular formula is C32H34N2O7S. The summed E-state index contributed by atoms with van der Waals surface area (Å²) in [5.74, 6) is 0.612. The van der Waals surface area contributed by atoms with Crippen LogP contribution in [-0.4, -0.2) is 43.9 Å². The summed E-state index contributed by atoms with van der Waals surface area (Å²) in [6, 6.07) is 11.2. The molecule has 0 bridgehead atoms. The van der Waals surface area contributed by atoms with Gasteiger partial charge in [0.05, 0.1) is 48.2 Å². The number of fused-ring (bicyclic) bond motifs is 1. The number of ether oxygens (including phenoxy) is 4. The molecule has 0 radical (unpaired) electrons. The second kappa shape index (κ2) is 13.5. The van der Waals surface area contributed by atoms with Gasteiger partial charge < -0.3 is 18.9 Å². The van der Waals surface area contributed by atoms with Crippen LogP contribution in [-0.2, 0) is 14.3 Å². The summed E-state index contributed by atoms with van der Waals surface area (Å²) in [7, 11) is 2.88. The SMILES string of the molecule is C=CCOC(=O)C1=C(C)N=c2sc(=Cc3ccc(OCCC(C)C)c(OC)c3)c(=O)n2C1c1ccc(C(=O)OC)cc1. The molecule has 3 aromatic rings. The molecule has 42 heavy (non-hydrogen) atoms. The Morgan fingerprint density at radius 3 is 2.48 bits per heavy atom. The van der Waals surface area contributed by atoms with Crippen LogP contribution in [0.5, 0.6) is 11.5 Å². The highest BCUT2D eigenvalue weighted by Gasteiger charge is 2.33. The van der Waals surface area contributed by atoms with Crippen molar-refractivity contribution in [3.05, 3.63) is 103 Å². The second-order valence-corrected chi connectivity index (χ2v) is 11.0. The van der Waals surface area contributed by atoms with Crippen LogP contribution in [0.25, 0.3) is 6.08 Å². The Labute approximate surface area is 248 Å². The van der Waals surface area contributed by atoms with E-state index in [0.717, 1.165) is 12.0 Å². The fourth-order valence-corrected chi connectivity index (χ4v) is 5.53. The third-order valence-corrected chi connectivity index (χ3v) is 7.64. The Bertz CT molecular complexity index is 1700. The smallest absolute Gasteiger partial charge is 0.338 e. The lowest BCUT2D eigenvalue weighted by atomic mass is 9.95. The Kier molecular flexibility index (Phi) is 9.80. The number of methoxy groups -OCH3 is 2. The third kappa shape index (κ3) is 6.54. The summed E-state index contributed by atoms with van der Waals surface area (Å²) in [6.45, 7) is 10.2. The van der Waals surface area contributed by atoms with Crippen LogP contribution >= 0.6 is 11.3 Å². The maximum Gasteiger partial charge on any atom is 0.338 e. The molecule has 1 unspecified atom stereocenters. The lowest BCUT2D eigenvalue weighted by Gasteiger charge is -2.24. The minimum absolute atomic E-state index is 0.00699. The van der Waals surface area contributed by atoms with E-state index in [1.165, 1.54) is 29.1 Å². The topological polar surface area (TPSA) is 105 Å². The van der Waals surface area contributed by atoms with E-state index in [1.807, 2.05) is 18.2 Å². The molecule has 0 fully saturated rings. The number of hydrogen-bond acceptors (Lipinski definition) is 9. The first-order chi connectivity index (χ1) is 20.2. The predicted molar refractivity (Wildman–Crippen MR) is 161 cm³/mol. The van der Waals surface area contributed by atoms with Crippen molar-refractivity contribution in [2.24, 2.45) is 10.9 Å². The van der Waals surface area contributed by atoms with Crippen molar-refractivity contribution in [3.8, 4) is 11.5 Å². The van der Waals surface area contributed by atoms with E-state index < -0.39 is 18.0 Å². The average molecular weight is 591 g/mol. The van der Waals surface area contributed by atoms with Crippen molar-refractivity contribution in [2.75, 3.05) is 27.4 Å². The Morgan fingerprint density at radius 2 is 1.83 bits per heavy atom. The highest BCUT2D eigenvalue weighted by atomic mass is 32.1. The lowest BCUT2D eigenvalue weighted by Crippen LogP contribution is -2.40. The zero-order valence-electron chi connectivity index (χ0n) is 24.3. The normalized spacial score (nSPS) is 14.7. The Hall–Kier alpha value is -4.44. The monoisotopic (exact) mass is 590 g/mol. The number of hydrogen-bond donors (Lipinski definition) is 0. The van der Waals surface area contributed by atoms with Crippen molar-refractivity contribution >= 4 is 29.4 Å². The van der Waals surface area contributed by atoms with Crippen molar-refractivity contribution < 1.29 is 28.5 Å². The van der Waals surface area contributed by atoms with Gasteiger partial charge in [0, 0.05) is 0 Å². The van der Waals surface area contributed by atoms with Gasteiger partial charge >= 0.3 is 11.9 Å². The van der Waals surface area contributed by atoms with Gasteiger partial charge in [-0.05, 0) is 60.7 Å². The van der Waals surface area contributed by atoms with E-state index in [9.17, 15) is 14.4 Å². The van der Waals surface area contributed by atoms with E-state index in [2.05, 4.69) is 25.4 Å². The fourth-order valence-electron chi connectivity index (χ4n) is 4.48. The van der Waals surface area contributed by atoms with Gasteiger partial charge in [-0.1, -0.05) is 56.0 Å². The molecule has 220 valence electrons. The Balaban J connectivity index is 1.80. The second-order valence-electron chi connectivity index (χ2n) is 10.0. The number of carbonyl (C=O) groups is 2. The highest BCUT2D eigenvalue weighted by Crippen LogP contribution is 2.31. The predicted octanol–water partition coefficient (Wildman–Crippen LogP) is 4.18. The van der Waals surface area contributed by atoms with Crippen molar-refractivity contribution in [3.63, 3.8) is 0 Å². The molecule has 9 nitrogen and oxygen atoms in total. The quantitative estimate of drug-likeness (QED) is 0.244. The molecule has 2 heterocycles. The first-order valence-corrected chi connectivity index (χ1v) is 14.3. The lowest BCUT2D eigenvalue weighted by molar-refractivity contribution is -0.138. The number of esters is 2. The van der Waals surface area contributed by atoms with Crippen molar-refractivity contribution in [2.45, 2.75) is 33.2 Å². The van der Waals surface area contributed by atoms with Crippen LogP contribution in [0.2, 0.25) is 0 Å². The molecule has 0 spiro atoms. The molecule has 0 saturated heterocycles. The van der Waals surface area contributed by atoms with Crippen LogP contribution in [0, 0.1) is 5.92 Å². The van der Waals surface area contributed by atoms with E-state index >= 15 is 0 Å². The zero-order chi connectivity index (χ0) is 30.4. The number of benzene rings is 2. The number of allylic oxidation sites excluding steroid dienone is 1. The number of nitrogens with zero attached hydrogens (tertiary/aromatic N) is 2. The summed E-state index contributed by atoms with van der Waals surface area (Å²) < 4.78 is 23.5. The van der Waals surface area contributed by atoms with E-state index in [4.69, 9.17) is 18.9 Å². The number of thiazole rings is 1. The number of aromatic nitrogens is 1. The van der Waals surface area contributed by atoms with Crippen LogP contribution in [0.1, 0.15) is 54.7 Å². The molecule has 4 rings (SSSR count). The van der Waals surface area contributed by atoms with Gasteiger partial charge in [0.1, 0.15) is 6.61 Å². The van der Waals surface area contributed by atoms with E-state index in [-0.39, 0.29) is 17.7 Å². The van der Waals surface area contributed by atoms with Gasteiger partial charge in [-0.2, -0.15) is 0 Å². The van der Waals surface area contributed by atoms with Gasteiger partial charge in [0.2, 0.25) is 0 Å². The van der Waals surface area contributed by atoms with Crippen LogP contribution in [0.3, 0.4) is 0 Å². The van der Waals surface area contributed by atoms with Crippen molar-refractivity contribution in [1.82, 2.24) is 4.57 Å². The summed E-state index contributed by atoms with van der Waals surface area (Å²) in [5, 5.41) is 0. The maximum atomic E-state index is 13.9. The summed E-state index contributed by atoms with van der Waals surface area (Å²) in [5.41, 5.74) is 2.04. The van der Waals surface area contributed by atoms with Crippen LogP contribution in [0.15, 0.2) is 76.2 Å². The average Bonchev–Trinajstić information content (AvgIpc) is 3.28. The molecule has 0 N–H and O–H groups in total. The van der Waals surface area contributed by atoms with Crippen LogP contribution in [0.4, 0.5) is 0 Å². The Morgan fingerprint density at radius 1 is 1.10 bits per heavy atom. The molecule has 0 aliphatic carbocycles. The van der Waals surface area contributed by atoms with Gasteiger partial charge in [-0.25, -0.2) is 14.6 Å². The third-order valence-electron chi connectivity index (χ3n) is 6.66. The summed E-state index contributed by atoms with van der Waals surface area (Å²) in [4.78, 5) is 44.2. The fraction of sp³-hybridized carbons (Fsp3) is 0.312. The summed E-state index contributed by atoms with van der Waals surface area (Å²) >= 11 is 1.22. The molecule has 1 atom stereocenters. The molecule has 1 aliphatic rings. The summed E-state index contributed by atoms with van der Waals surface area (Å²) in [6.07, 6.45) is 4.15. The van der Waals surface area contributed by atoms with E-state index in [1.54, 1.807) is 44.4 Å². The van der Waals surface area contributed by atoms with Crippen molar-refractivity contribution in [1.29, 1.82) is 0 Å². The van der Waals surface area contributed by atoms with E-state index in [0.29, 0.717) is 50.2 Å². The molecule has 0 amide bonds. The molecule has 1 aliphatic heterocycles. The largest absolute Gasteiger partial charge is 0.493 e. The maximum absolute atomic E-state index is 13.9. The molecule has 10 heteroatoms. The highest BCUT2D eigenvalue weighted by molar-refractivity contribution is 7.07. The minimum atomic E-state index is -0.821. The number of rotatable bonds is 11. The zero-order valence-corrected chi connectivity index (χ0v) is 25.2.